The predicted molar refractivity (Wildman–Crippen MR) is 122 cm³/mol. The summed E-state index contributed by atoms with van der Waals surface area (Å²) >= 11 is 0. The summed E-state index contributed by atoms with van der Waals surface area (Å²) in [6.07, 6.45) is 13.5. The highest BCUT2D eigenvalue weighted by molar-refractivity contribution is 5.96. The lowest BCUT2D eigenvalue weighted by atomic mass is 9.47. The first-order chi connectivity index (χ1) is 15.2. The summed E-state index contributed by atoms with van der Waals surface area (Å²) in [4.78, 5) is 13.2. The number of fused-ring (bicyclic) bond motifs is 5. The van der Waals surface area contributed by atoms with Gasteiger partial charge in [-0.05, 0) is 104 Å². The molecule has 1 N–H and O–H groups in total. The third kappa shape index (κ3) is 3.41. The molecule has 3 fully saturated rings. The summed E-state index contributed by atoms with van der Waals surface area (Å²) in [6.45, 7) is 4.74. The number of rotatable bonds is 3. The number of ketones is 1. The van der Waals surface area contributed by atoms with E-state index in [0.717, 1.165) is 63.5 Å². The minimum Gasteiger partial charge on any atom is -0.393 e. The topological polar surface area (TPSA) is 37.3 Å². The number of hydrogen-bond acceptors (Lipinski definition) is 2. The number of carbonyl (C=O) groups is 1. The van der Waals surface area contributed by atoms with Crippen LogP contribution in [0, 0.1) is 46.1 Å². The Morgan fingerprint density at radius 1 is 1.06 bits per heavy atom. The molecule has 0 amide bonds. The Morgan fingerprint density at radius 3 is 2.66 bits per heavy atom. The Bertz CT molecular complexity index is 982. The van der Waals surface area contributed by atoms with Gasteiger partial charge in [-0.3, -0.25) is 4.79 Å². The van der Waals surface area contributed by atoms with Gasteiger partial charge < -0.3 is 5.11 Å². The van der Waals surface area contributed by atoms with E-state index in [0.29, 0.717) is 23.3 Å². The normalized spacial score (nSPS) is 41.0. The molecule has 2 nitrogen and oxygen atoms in total. The molecule has 0 bridgehead atoms. The third-order valence-electron chi connectivity index (χ3n) is 9.81. The van der Waals surface area contributed by atoms with Gasteiger partial charge in [-0.2, -0.15) is 0 Å². The van der Waals surface area contributed by atoms with E-state index in [1.807, 2.05) is 0 Å². The monoisotopic (exact) mass is 440 g/mol. The number of carbonyl (C=O) groups excluding carboxylic acids is 1. The second-order valence-corrected chi connectivity index (χ2v) is 11.2. The Morgan fingerprint density at radius 2 is 1.88 bits per heavy atom. The predicted octanol–water partition coefficient (Wildman–Crippen LogP) is 6.49. The molecule has 32 heavy (non-hydrogen) atoms. The lowest BCUT2D eigenvalue weighted by Gasteiger charge is -2.57. The molecule has 172 valence electrons. The Hall–Kier alpha value is -1.81. The molecule has 4 aliphatic carbocycles. The van der Waals surface area contributed by atoms with Gasteiger partial charge in [-0.15, -0.1) is 0 Å². The summed E-state index contributed by atoms with van der Waals surface area (Å²) in [6, 6.07) is 3.74. The van der Waals surface area contributed by atoms with E-state index in [9.17, 15) is 18.7 Å². The molecule has 4 aliphatic rings. The van der Waals surface area contributed by atoms with Gasteiger partial charge in [-0.25, -0.2) is 8.78 Å². The molecular formula is C28H34F2O2. The second kappa shape index (κ2) is 7.90. The lowest BCUT2D eigenvalue weighted by Crippen LogP contribution is -2.50. The van der Waals surface area contributed by atoms with Crippen molar-refractivity contribution in [2.75, 3.05) is 0 Å². The summed E-state index contributed by atoms with van der Waals surface area (Å²) < 4.78 is 26.7. The van der Waals surface area contributed by atoms with E-state index >= 15 is 0 Å². The van der Waals surface area contributed by atoms with Gasteiger partial charge in [0.15, 0.2) is 17.4 Å². The van der Waals surface area contributed by atoms with Gasteiger partial charge in [0.25, 0.3) is 0 Å². The summed E-state index contributed by atoms with van der Waals surface area (Å²) in [5, 5.41) is 10.2. The average Bonchev–Trinajstić information content (AvgIpc) is 3.12. The van der Waals surface area contributed by atoms with Crippen LogP contribution in [-0.4, -0.2) is 17.0 Å². The van der Waals surface area contributed by atoms with E-state index in [2.05, 4.69) is 19.9 Å². The van der Waals surface area contributed by atoms with Crippen molar-refractivity contribution in [1.82, 2.24) is 0 Å². The highest BCUT2D eigenvalue weighted by atomic mass is 19.2. The lowest BCUT2D eigenvalue weighted by molar-refractivity contribution is -0.124. The van der Waals surface area contributed by atoms with Crippen LogP contribution in [0.1, 0.15) is 70.8 Å². The zero-order valence-electron chi connectivity index (χ0n) is 19.1. The zero-order chi connectivity index (χ0) is 22.7. The van der Waals surface area contributed by atoms with Crippen LogP contribution in [0.5, 0.6) is 0 Å². The largest absolute Gasteiger partial charge is 0.393 e. The van der Waals surface area contributed by atoms with Crippen LogP contribution in [0.2, 0.25) is 0 Å². The molecular weight excluding hydrogens is 406 g/mol. The SMILES string of the molecule is C[C@]12CC[C@H]3[C@@H](CC=C4C[C@@H](O)CC[C@@]43C)[C@@H]1CC[C@@H]2C(=O)/C=C/c1ccc(F)c(F)c1. The van der Waals surface area contributed by atoms with Crippen LogP contribution >= 0.6 is 0 Å². The molecule has 5 rings (SSSR count). The van der Waals surface area contributed by atoms with Gasteiger partial charge in [-0.1, -0.05) is 37.6 Å². The van der Waals surface area contributed by atoms with E-state index in [1.165, 1.54) is 11.6 Å². The maximum atomic E-state index is 13.5. The molecule has 0 saturated heterocycles. The van der Waals surface area contributed by atoms with Crippen LogP contribution in [0.15, 0.2) is 35.9 Å². The van der Waals surface area contributed by atoms with E-state index in [4.69, 9.17) is 0 Å². The number of allylic oxidation sites excluding steroid dienone is 2. The number of aliphatic hydroxyl groups excluding tert-OH is 1. The fourth-order valence-electron chi connectivity index (χ4n) is 8.02. The molecule has 0 radical (unpaired) electrons. The van der Waals surface area contributed by atoms with Crippen molar-refractivity contribution in [3.8, 4) is 0 Å². The quantitative estimate of drug-likeness (QED) is 0.431. The first kappa shape index (κ1) is 22.0. The van der Waals surface area contributed by atoms with E-state index in [1.54, 1.807) is 12.2 Å². The summed E-state index contributed by atoms with van der Waals surface area (Å²) in [5.41, 5.74) is 2.20. The molecule has 7 atom stereocenters. The second-order valence-electron chi connectivity index (χ2n) is 11.2. The van der Waals surface area contributed by atoms with Crippen molar-refractivity contribution in [3.05, 3.63) is 53.1 Å². The smallest absolute Gasteiger partial charge is 0.159 e. The van der Waals surface area contributed by atoms with Gasteiger partial charge in [0, 0.05) is 5.92 Å². The Labute approximate surface area is 189 Å². The number of halogens is 2. The fourth-order valence-corrected chi connectivity index (χ4v) is 8.02. The molecule has 0 aromatic heterocycles. The van der Waals surface area contributed by atoms with Gasteiger partial charge >= 0.3 is 0 Å². The first-order valence-electron chi connectivity index (χ1n) is 12.3. The minimum atomic E-state index is -0.890. The highest BCUT2D eigenvalue weighted by Gasteiger charge is 2.59. The van der Waals surface area contributed by atoms with Crippen molar-refractivity contribution in [2.24, 2.45) is 34.5 Å². The van der Waals surface area contributed by atoms with Crippen molar-refractivity contribution < 1.29 is 18.7 Å². The van der Waals surface area contributed by atoms with Crippen molar-refractivity contribution in [1.29, 1.82) is 0 Å². The van der Waals surface area contributed by atoms with Crippen LogP contribution in [0.4, 0.5) is 8.78 Å². The standard InChI is InChI=1S/C28H34F2O2/c1-27-13-11-19(31)16-18(27)5-6-20-21-7-8-23(28(21,2)14-12-22(20)27)26(32)10-4-17-3-9-24(29)25(30)15-17/h3-5,9-10,15,19-23,31H,6-8,11-14,16H2,1-2H3/b10-4+/t19-,20-,21-,22-,23+,27-,28-/m0/s1. The molecule has 0 unspecified atom stereocenters. The van der Waals surface area contributed by atoms with Crippen LogP contribution in [0.25, 0.3) is 6.08 Å². The first-order valence-corrected chi connectivity index (χ1v) is 12.3. The summed E-state index contributed by atoms with van der Waals surface area (Å²) in [5.74, 6) is 0.179. The minimum absolute atomic E-state index is 0.00126. The third-order valence-corrected chi connectivity index (χ3v) is 9.81. The Balaban J connectivity index is 1.35. The van der Waals surface area contributed by atoms with Crippen LogP contribution in [-0.2, 0) is 4.79 Å². The molecule has 4 heteroatoms. The van der Waals surface area contributed by atoms with Crippen molar-refractivity contribution >= 4 is 11.9 Å². The molecule has 0 aliphatic heterocycles. The average molecular weight is 441 g/mol. The van der Waals surface area contributed by atoms with E-state index in [-0.39, 0.29) is 28.6 Å². The number of hydrogen-bond donors (Lipinski definition) is 1. The highest BCUT2D eigenvalue weighted by Crippen LogP contribution is 2.66. The van der Waals surface area contributed by atoms with Gasteiger partial charge in [0.1, 0.15) is 0 Å². The van der Waals surface area contributed by atoms with Crippen LogP contribution < -0.4 is 0 Å². The van der Waals surface area contributed by atoms with Gasteiger partial charge in [0.05, 0.1) is 6.10 Å². The van der Waals surface area contributed by atoms with E-state index < -0.39 is 11.6 Å². The van der Waals surface area contributed by atoms with Gasteiger partial charge in [0.2, 0.25) is 0 Å². The molecule has 3 saturated carbocycles. The molecule has 1 aromatic rings. The molecule has 1 aromatic carbocycles. The zero-order valence-corrected chi connectivity index (χ0v) is 19.1. The maximum absolute atomic E-state index is 13.5. The maximum Gasteiger partial charge on any atom is 0.159 e. The van der Waals surface area contributed by atoms with Crippen LogP contribution in [0.3, 0.4) is 0 Å². The summed E-state index contributed by atoms with van der Waals surface area (Å²) in [7, 11) is 0. The van der Waals surface area contributed by atoms with Crippen molar-refractivity contribution in [3.63, 3.8) is 0 Å². The van der Waals surface area contributed by atoms with Crippen molar-refractivity contribution in [2.45, 2.75) is 71.3 Å². The Kier molecular flexibility index (Phi) is 5.43. The molecule has 0 heterocycles. The number of benzene rings is 1. The number of aliphatic hydroxyl groups is 1. The fraction of sp³-hybridized carbons (Fsp3) is 0.607. The molecule has 0 spiro atoms.